The molecule has 1 atom stereocenters. The first-order valence-corrected chi connectivity index (χ1v) is 8.04. The Balaban J connectivity index is 2.22. The lowest BCUT2D eigenvalue weighted by Crippen LogP contribution is -2.38. The molecule has 0 bridgehead atoms. The molecule has 23 heavy (non-hydrogen) atoms. The van der Waals surface area contributed by atoms with E-state index in [4.69, 9.17) is 0 Å². The van der Waals surface area contributed by atoms with Crippen LogP contribution < -0.4 is 0 Å². The molecule has 5 heteroatoms. The number of amides is 1. The number of hydrogen-bond acceptors (Lipinski definition) is 3. The van der Waals surface area contributed by atoms with Crippen LogP contribution in [0.2, 0.25) is 0 Å². The van der Waals surface area contributed by atoms with Crippen molar-refractivity contribution in [2.24, 2.45) is 0 Å². The Morgan fingerprint density at radius 1 is 1.26 bits per heavy atom. The monoisotopic (exact) mass is 315 g/mol. The topological polar surface area (TPSA) is 69.2 Å². The van der Waals surface area contributed by atoms with Gasteiger partial charge in [-0.3, -0.25) is 9.89 Å². The van der Waals surface area contributed by atoms with Gasteiger partial charge >= 0.3 is 0 Å². The summed E-state index contributed by atoms with van der Waals surface area (Å²) in [6.45, 7) is 6.62. The van der Waals surface area contributed by atoms with Crippen LogP contribution in [0.3, 0.4) is 0 Å². The van der Waals surface area contributed by atoms with Crippen molar-refractivity contribution in [3.8, 4) is 0 Å². The zero-order valence-electron chi connectivity index (χ0n) is 14.0. The molecular formula is C18H25N3O2. The number of nitrogens with one attached hydrogen (secondary N) is 1. The lowest BCUT2D eigenvalue weighted by Gasteiger charge is -2.28. The maximum atomic E-state index is 12.9. The van der Waals surface area contributed by atoms with Gasteiger partial charge in [0.25, 0.3) is 5.91 Å². The van der Waals surface area contributed by atoms with Crippen molar-refractivity contribution in [1.82, 2.24) is 15.1 Å². The molecule has 0 spiro atoms. The van der Waals surface area contributed by atoms with Gasteiger partial charge in [0.1, 0.15) is 5.69 Å². The molecule has 1 aromatic heterocycles. The number of rotatable bonds is 7. The number of benzene rings is 1. The van der Waals surface area contributed by atoms with E-state index in [1.807, 2.05) is 43.3 Å². The van der Waals surface area contributed by atoms with E-state index < -0.39 is 0 Å². The molecule has 0 aliphatic rings. The number of aliphatic hydroxyl groups excluding tert-OH is 1. The number of nitrogens with zero attached hydrogens (tertiary/aromatic N) is 2. The minimum atomic E-state index is -0.113. The highest BCUT2D eigenvalue weighted by Gasteiger charge is 2.24. The van der Waals surface area contributed by atoms with Gasteiger partial charge in [-0.2, -0.15) is 5.10 Å². The van der Waals surface area contributed by atoms with Crippen molar-refractivity contribution < 1.29 is 9.90 Å². The van der Waals surface area contributed by atoms with Crippen molar-refractivity contribution in [3.63, 3.8) is 0 Å². The van der Waals surface area contributed by atoms with Crippen LogP contribution in [0, 0.1) is 0 Å². The second-order valence-electron chi connectivity index (χ2n) is 6.14. The average Bonchev–Trinajstić information content (AvgIpc) is 3.03. The Kier molecular flexibility index (Phi) is 5.93. The average molecular weight is 315 g/mol. The van der Waals surface area contributed by atoms with Crippen LogP contribution in [-0.2, 0) is 6.54 Å². The first-order chi connectivity index (χ1) is 11.0. The zero-order valence-corrected chi connectivity index (χ0v) is 14.0. The van der Waals surface area contributed by atoms with Gasteiger partial charge in [-0.15, -0.1) is 0 Å². The van der Waals surface area contributed by atoms with Crippen LogP contribution in [0.4, 0.5) is 0 Å². The minimum absolute atomic E-state index is 0.0531. The molecule has 2 N–H and O–H groups in total. The third-order valence-corrected chi connectivity index (χ3v) is 3.97. The summed E-state index contributed by atoms with van der Waals surface area (Å²) in [5.74, 6) is 0.180. The SMILES string of the molecule is CC(C)c1cc(C(=O)N(Cc2ccccc2)C(C)CCO)n[nH]1. The standard InChI is InChI=1S/C18H25N3O2/c1-13(2)16-11-17(20-19-16)18(23)21(14(3)9-10-22)12-15-7-5-4-6-8-15/h4-8,11,13-14,22H,9-10,12H2,1-3H3,(H,19,20). The van der Waals surface area contributed by atoms with E-state index in [0.29, 0.717) is 24.6 Å². The molecule has 0 radical (unpaired) electrons. The Morgan fingerprint density at radius 3 is 2.52 bits per heavy atom. The maximum absolute atomic E-state index is 12.9. The zero-order chi connectivity index (χ0) is 16.8. The van der Waals surface area contributed by atoms with E-state index in [1.165, 1.54) is 0 Å². The highest BCUT2D eigenvalue weighted by molar-refractivity contribution is 5.92. The van der Waals surface area contributed by atoms with Crippen LogP contribution in [0.15, 0.2) is 36.4 Å². The molecule has 0 aliphatic heterocycles. The molecule has 1 unspecified atom stereocenters. The number of carbonyl (C=O) groups excluding carboxylic acids is 1. The molecule has 124 valence electrons. The lowest BCUT2D eigenvalue weighted by atomic mass is 10.1. The fraction of sp³-hybridized carbons (Fsp3) is 0.444. The van der Waals surface area contributed by atoms with E-state index in [2.05, 4.69) is 24.0 Å². The highest BCUT2D eigenvalue weighted by Crippen LogP contribution is 2.17. The van der Waals surface area contributed by atoms with E-state index in [-0.39, 0.29) is 18.6 Å². The van der Waals surface area contributed by atoms with Crippen molar-refractivity contribution >= 4 is 5.91 Å². The van der Waals surface area contributed by atoms with E-state index >= 15 is 0 Å². The number of aromatic amines is 1. The first-order valence-electron chi connectivity index (χ1n) is 8.04. The van der Waals surface area contributed by atoms with Gasteiger partial charge < -0.3 is 10.0 Å². The predicted molar refractivity (Wildman–Crippen MR) is 90.2 cm³/mol. The lowest BCUT2D eigenvalue weighted by molar-refractivity contribution is 0.0642. The normalized spacial score (nSPS) is 12.4. The molecule has 0 saturated heterocycles. The summed E-state index contributed by atoms with van der Waals surface area (Å²) in [6.07, 6.45) is 0.542. The van der Waals surface area contributed by atoms with Crippen molar-refractivity contribution in [3.05, 3.63) is 53.3 Å². The molecular weight excluding hydrogens is 290 g/mol. The van der Waals surface area contributed by atoms with Crippen molar-refractivity contribution in [2.75, 3.05) is 6.61 Å². The van der Waals surface area contributed by atoms with Crippen molar-refractivity contribution in [1.29, 1.82) is 0 Å². The molecule has 2 aromatic rings. The quantitative estimate of drug-likeness (QED) is 0.825. The Hall–Kier alpha value is -2.14. The summed E-state index contributed by atoms with van der Waals surface area (Å²) in [5, 5.41) is 16.3. The van der Waals surface area contributed by atoms with E-state index in [9.17, 15) is 9.90 Å². The third-order valence-electron chi connectivity index (χ3n) is 3.97. The molecule has 1 aromatic carbocycles. The number of aliphatic hydroxyl groups is 1. The largest absolute Gasteiger partial charge is 0.396 e. The van der Waals surface area contributed by atoms with Gasteiger partial charge in [0.2, 0.25) is 0 Å². The Labute approximate surface area is 137 Å². The third kappa shape index (κ3) is 4.42. The number of aromatic nitrogens is 2. The highest BCUT2D eigenvalue weighted by atomic mass is 16.3. The fourth-order valence-electron chi connectivity index (χ4n) is 2.44. The molecule has 1 heterocycles. The smallest absolute Gasteiger partial charge is 0.274 e. The summed E-state index contributed by atoms with van der Waals surface area (Å²) in [6, 6.07) is 11.6. The summed E-state index contributed by atoms with van der Waals surface area (Å²) >= 11 is 0. The molecule has 0 aliphatic carbocycles. The van der Waals surface area contributed by atoms with Crippen molar-refractivity contribution in [2.45, 2.75) is 45.7 Å². The van der Waals surface area contributed by atoms with Gasteiger partial charge in [-0.25, -0.2) is 0 Å². The van der Waals surface area contributed by atoms with Gasteiger partial charge in [-0.1, -0.05) is 44.2 Å². The predicted octanol–water partition coefficient (Wildman–Crippen LogP) is 2.95. The van der Waals surface area contributed by atoms with Crippen LogP contribution >= 0.6 is 0 Å². The molecule has 0 fully saturated rings. The Bertz CT molecular complexity index is 622. The van der Waals surface area contributed by atoms with E-state index in [0.717, 1.165) is 11.3 Å². The number of H-pyrrole nitrogens is 1. The van der Waals surface area contributed by atoms with Gasteiger partial charge in [0.15, 0.2) is 0 Å². The molecule has 1 amide bonds. The summed E-state index contributed by atoms with van der Waals surface area (Å²) in [5.41, 5.74) is 2.43. The fourth-order valence-corrected chi connectivity index (χ4v) is 2.44. The van der Waals surface area contributed by atoms with Crippen LogP contribution in [0.5, 0.6) is 0 Å². The van der Waals surface area contributed by atoms with Crippen LogP contribution in [0.25, 0.3) is 0 Å². The van der Waals surface area contributed by atoms with Gasteiger partial charge in [0.05, 0.1) is 0 Å². The van der Waals surface area contributed by atoms with Gasteiger partial charge in [-0.05, 0) is 30.9 Å². The summed E-state index contributed by atoms with van der Waals surface area (Å²) in [7, 11) is 0. The number of carbonyl (C=O) groups is 1. The second kappa shape index (κ2) is 7.92. The Morgan fingerprint density at radius 2 is 1.96 bits per heavy atom. The van der Waals surface area contributed by atoms with Crippen LogP contribution in [-0.4, -0.2) is 38.8 Å². The first kappa shape index (κ1) is 17.2. The summed E-state index contributed by atoms with van der Waals surface area (Å²) in [4.78, 5) is 14.6. The molecule has 2 rings (SSSR count). The molecule has 5 nitrogen and oxygen atoms in total. The second-order valence-corrected chi connectivity index (χ2v) is 6.14. The van der Waals surface area contributed by atoms with Gasteiger partial charge in [0, 0.05) is 24.9 Å². The minimum Gasteiger partial charge on any atom is -0.396 e. The van der Waals surface area contributed by atoms with E-state index in [1.54, 1.807) is 4.90 Å². The number of hydrogen-bond donors (Lipinski definition) is 2. The van der Waals surface area contributed by atoms with Crippen LogP contribution in [0.1, 0.15) is 54.9 Å². The molecule has 0 saturated carbocycles. The maximum Gasteiger partial charge on any atom is 0.274 e. The summed E-state index contributed by atoms with van der Waals surface area (Å²) < 4.78 is 0.